The van der Waals surface area contributed by atoms with Crippen molar-refractivity contribution in [3.05, 3.63) is 48.0 Å². The van der Waals surface area contributed by atoms with Crippen molar-refractivity contribution in [2.75, 3.05) is 26.7 Å². The zero-order valence-corrected chi connectivity index (χ0v) is 17.2. The number of hydrogen-bond acceptors (Lipinski definition) is 3. The molecule has 0 radical (unpaired) electrons. The maximum atomic E-state index is 13.1. The van der Waals surface area contributed by atoms with Crippen LogP contribution in [0.2, 0.25) is 0 Å². The second-order valence-electron chi connectivity index (χ2n) is 7.75. The van der Waals surface area contributed by atoms with Gasteiger partial charge in [-0.1, -0.05) is 6.92 Å². The SMILES string of the molecule is CN=C(NCCc1ccn(-c2ccc(F)cc2)n1)NC1CN(C(C)C)CC1C. The van der Waals surface area contributed by atoms with Gasteiger partial charge in [0, 0.05) is 51.4 Å². The zero-order valence-electron chi connectivity index (χ0n) is 17.2. The minimum absolute atomic E-state index is 0.243. The van der Waals surface area contributed by atoms with E-state index in [-0.39, 0.29) is 5.82 Å². The van der Waals surface area contributed by atoms with E-state index in [1.54, 1.807) is 23.9 Å². The van der Waals surface area contributed by atoms with Crippen LogP contribution >= 0.6 is 0 Å². The van der Waals surface area contributed by atoms with Gasteiger partial charge in [-0.05, 0) is 50.1 Å². The van der Waals surface area contributed by atoms with Crippen molar-refractivity contribution < 1.29 is 4.39 Å². The molecule has 1 aromatic carbocycles. The third-order valence-corrected chi connectivity index (χ3v) is 5.33. The van der Waals surface area contributed by atoms with Crippen molar-refractivity contribution in [3.63, 3.8) is 0 Å². The summed E-state index contributed by atoms with van der Waals surface area (Å²) < 4.78 is 14.8. The van der Waals surface area contributed by atoms with Crippen LogP contribution in [0.15, 0.2) is 41.5 Å². The number of aromatic nitrogens is 2. The summed E-state index contributed by atoms with van der Waals surface area (Å²) in [6, 6.07) is 9.29. The van der Waals surface area contributed by atoms with Gasteiger partial charge in [-0.25, -0.2) is 9.07 Å². The Balaban J connectivity index is 1.48. The fraction of sp³-hybridized carbons (Fsp3) is 0.524. The predicted molar refractivity (Wildman–Crippen MR) is 111 cm³/mol. The molecule has 1 aliphatic heterocycles. The number of aliphatic imine (C=N–C) groups is 1. The highest BCUT2D eigenvalue weighted by atomic mass is 19.1. The summed E-state index contributed by atoms with van der Waals surface area (Å²) in [6.07, 6.45) is 2.68. The Hall–Kier alpha value is -2.41. The normalized spacial score (nSPS) is 20.7. The second-order valence-corrected chi connectivity index (χ2v) is 7.75. The Morgan fingerprint density at radius 3 is 2.64 bits per heavy atom. The first-order valence-corrected chi connectivity index (χ1v) is 9.98. The van der Waals surface area contributed by atoms with Crippen molar-refractivity contribution >= 4 is 5.96 Å². The van der Waals surface area contributed by atoms with Gasteiger partial charge in [-0.3, -0.25) is 9.89 Å². The molecular formula is C21H31FN6. The predicted octanol–water partition coefficient (Wildman–Crippen LogP) is 2.45. The standard InChI is InChI=1S/C21H31FN6/c1-15(2)27-13-16(3)20(14-27)25-21(23-4)24-11-9-18-10-12-28(26-18)19-7-5-17(22)6-8-19/h5-8,10,12,15-16,20H,9,11,13-14H2,1-4H3,(H2,23,24,25). The summed E-state index contributed by atoms with van der Waals surface area (Å²) in [5.41, 5.74) is 1.83. The van der Waals surface area contributed by atoms with Gasteiger partial charge in [-0.15, -0.1) is 0 Å². The number of nitrogens with zero attached hydrogens (tertiary/aromatic N) is 4. The van der Waals surface area contributed by atoms with Gasteiger partial charge < -0.3 is 10.6 Å². The number of halogens is 1. The molecular weight excluding hydrogens is 355 g/mol. The number of nitrogens with one attached hydrogen (secondary N) is 2. The van der Waals surface area contributed by atoms with Gasteiger partial charge in [0.05, 0.1) is 11.4 Å². The highest BCUT2D eigenvalue weighted by molar-refractivity contribution is 5.80. The Labute approximate surface area is 166 Å². The lowest BCUT2D eigenvalue weighted by molar-refractivity contribution is 0.265. The van der Waals surface area contributed by atoms with Crippen LogP contribution in [0, 0.1) is 11.7 Å². The Bertz CT molecular complexity index is 782. The molecule has 0 aliphatic carbocycles. The highest BCUT2D eigenvalue weighted by Gasteiger charge is 2.31. The van der Waals surface area contributed by atoms with Crippen LogP contribution in [0.5, 0.6) is 0 Å². The van der Waals surface area contributed by atoms with E-state index < -0.39 is 0 Å². The van der Waals surface area contributed by atoms with Crippen molar-refractivity contribution in [2.45, 2.75) is 39.3 Å². The molecule has 0 bridgehead atoms. The summed E-state index contributed by atoms with van der Waals surface area (Å²) in [5, 5.41) is 11.5. The number of hydrogen-bond donors (Lipinski definition) is 2. The van der Waals surface area contributed by atoms with E-state index >= 15 is 0 Å². The average molecular weight is 387 g/mol. The molecule has 28 heavy (non-hydrogen) atoms. The maximum absolute atomic E-state index is 13.1. The van der Waals surface area contributed by atoms with Crippen LogP contribution in [0.1, 0.15) is 26.5 Å². The first-order valence-electron chi connectivity index (χ1n) is 9.98. The van der Waals surface area contributed by atoms with Crippen LogP contribution in [0.3, 0.4) is 0 Å². The van der Waals surface area contributed by atoms with Crippen molar-refractivity contribution in [1.82, 2.24) is 25.3 Å². The largest absolute Gasteiger partial charge is 0.356 e. The number of rotatable bonds is 6. The van der Waals surface area contributed by atoms with Gasteiger partial charge in [0.2, 0.25) is 0 Å². The number of benzene rings is 1. The molecule has 2 aromatic rings. The van der Waals surface area contributed by atoms with Crippen LogP contribution < -0.4 is 10.6 Å². The van der Waals surface area contributed by atoms with Crippen LogP contribution in [-0.4, -0.2) is 59.4 Å². The Morgan fingerprint density at radius 1 is 1.25 bits per heavy atom. The number of guanidine groups is 1. The van der Waals surface area contributed by atoms with E-state index in [1.165, 1.54) is 12.1 Å². The molecule has 0 amide bonds. The summed E-state index contributed by atoms with van der Waals surface area (Å²) in [5.74, 6) is 1.18. The zero-order chi connectivity index (χ0) is 20.1. The van der Waals surface area contributed by atoms with Gasteiger partial charge in [0.15, 0.2) is 5.96 Å². The van der Waals surface area contributed by atoms with Gasteiger partial charge >= 0.3 is 0 Å². The molecule has 0 spiro atoms. The quantitative estimate of drug-likeness (QED) is 0.591. The van der Waals surface area contributed by atoms with Crippen LogP contribution in [0.25, 0.3) is 5.69 Å². The molecule has 0 saturated carbocycles. The average Bonchev–Trinajstić information content (AvgIpc) is 3.29. The summed E-state index contributed by atoms with van der Waals surface area (Å²) in [4.78, 5) is 6.86. The second kappa shape index (κ2) is 9.19. The van der Waals surface area contributed by atoms with Crippen molar-refractivity contribution in [3.8, 4) is 5.69 Å². The van der Waals surface area contributed by atoms with Crippen molar-refractivity contribution in [1.29, 1.82) is 0 Å². The van der Waals surface area contributed by atoms with E-state index in [0.29, 0.717) is 18.0 Å². The summed E-state index contributed by atoms with van der Waals surface area (Å²) >= 11 is 0. The highest BCUT2D eigenvalue weighted by Crippen LogP contribution is 2.18. The van der Waals surface area contributed by atoms with Crippen LogP contribution in [-0.2, 0) is 6.42 Å². The first-order chi connectivity index (χ1) is 13.5. The first kappa shape index (κ1) is 20.3. The topological polar surface area (TPSA) is 57.5 Å². The van der Waals surface area contributed by atoms with E-state index in [2.05, 4.69) is 46.4 Å². The van der Waals surface area contributed by atoms with Gasteiger partial charge in [0.1, 0.15) is 5.82 Å². The summed E-state index contributed by atoms with van der Waals surface area (Å²) in [6.45, 7) is 9.68. The minimum atomic E-state index is -0.243. The van der Waals surface area contributed by atoms with Crippen LogP contribution in [0.4, 0.5) is 4.39 Å². The van der Waals surface area contributed by atoms with E-state index in [4.69, 9.17) is 0 Å². The summed E-state index contributed by atoms with van der Waals surface area (Å²) in [7, 11) is 1.80. The molecule has 2 heterocycles. The Kier molecular flexibility index (Phi) is 6.67. The minimum Gasteiger partial charge on any atom is -0.356 e. The third-order valence-electron chi connectivity index (χ3n) is 5.33. The molecule has 152 valence electrons. The lowest BCUT2D eigenvalue weighted by atomic mass is 10.1. The molecule has 2 N–H and O–H groups in total. The number of likely N-dealkylation sites (tertiary alicyclic amines) is 1. The molecule has 1 aromatic heterocycles. The fourth-order valence-corrected chi connectivity index (χ4v) is 3.53. The lowest BCUT2D eigenvalue weighted by Gasteiger charge is -2.21. The Morgan fingerprint density at radius 2 is 2.00 bits per heavy atom. The third kappa shape index (κ3) is 5.10. The molecule has 2 unspecified atom stereocenters. The molecule has 1 aliphatic rings. The fourth-order valence-electron chi connectivity index (χ4n) is 3.53. The molecule has 3 rings (SSSR count). The molecule has 6 nitrogen and oxygen atoms in total. The molecule has 1 saturated heterocycles. The van der Waals surface area contributed by atoms with E-state index in [0.717, 1.165) is 43.4 Å². The monoisotopic (exact) mass is 386 g/mol. The van der Waals surface area contributed by atoms with Gasteiger partial charge in [0.25, 0.3) is 0 Å². The van der Waals surface area contributed by atoms with Crippen molar-refractivity contribution in [2.24, 2.45) is 10.9 Å². The molecule has 7 heteroatoms. The lowest BCUT2D eigenvalue weighted by Crippen LogP contribution is -2.47. The maximum Gasteiger partial charge on any atom is 0.191 e. The molecule has 2 atom stereocenters. The smallest absolute Gasteiger partial charge is 0.191 e. The van der Waals surface area contributed by atoms with E-state index in [1.807, 2.05) is 12.3 Å². The van der Waals surface area contributed by atoms with E-state index in [9.17, 15) is 4.39 Å². The van der Waals surface area contributed by atoms with Gasteiger partial charge in [-0.2, -0.15) is 5.10 Å². The molecule has 1 fully saturated rings.